The van der Waals surface area contributed by atoms with E-state index in [1.807, 2.05) is 42.5 Å². The van der Waals surface area contributed by atoms with Crippen molar-refractivity contribution < 1.29 is 14.6 Å². The van der Waals surface area contributed by atoms with Crippen molar-refractivity contribution in [3.8, 4) is 0 Å². The number of esters is 1. The van der Waals surface area contributed by atoms with Crippen molar-refractivity contribution >= 4 is 16.7 Å². The normalized spacial score (nSPS) is 14.2. The molecule has 1 atom stereocenters. The molecule has 0 radical (unpaired) electrons. The summed E-state index contributed by atoms with van der Waals surface area (Å²) in [5, 5.41) is 12.5. The highest BCUT2D eigenvalue weighted by Gasteiger charge is 2.28. The van der Waals surface area contributed by atoms with E-state index in [4.69, 9.17) is 0 Å². The molecule has 0 unspecified atom stereocenters. The SMILES string of the molecule is COC(=O)C[C@](C)(O)c1cccc2ccccc12. The highest BCUT2D eigenvalue weighted by Crippen LogP contribution is 2.31. The van der Waals surface area contributed by atoms with Gasteiger partial charge in [0, 0.05) is 0 Å². The van der Waals surface area contributed by atoms with Crippen LogP contribution in [0.5, 0.6) is 0 Å². The first kappa shape index (κ1) is 12.6. The van der Waals surface area contributed by atoms with Crippen LogP contribution in [0.1, 0.15) is 18.9 Å². The van der Waals surface area contributed by atoms with Crippen molar-refractivity contribution in [2.75, 3.05) is 7.11 Å². The number of ether oxygens (including phenoxy) is 1. The van der Waals surface area contributed by atoms with Gasteiger partial charge in [-0.3, -0.25) is 4.79 Å². The van der Waals surface area contributed by atoms with E-state index >= 15 is 0 Å². The van der Waals surface area contributed by atoms with Crippen LogP contribution in [-0.2, 0) is 15.1 Å². The first-order valence-corrected chi connectivity index (χ1v) is 5.82. The highest BCUT2D eigenvalue weighted by atomic mass is 16.5. The van der Waals surface area contributed by atoms with Gasteiger partial charge in [-0.25, -0.2) is 0 Å². The van der Waals surface area contributed by atoms with E-state index in [0.29, 0.717) is 0 Å². The number of carbonyl (C=O) groups is 1. The van der Waals surface area contributed by atoms with E-state index < -0.39 is 11.6 Å². The molecule has 0 aliphatic carbocycles. The fraction of sp³-hybridized carbons (Fsp3) is 0.267. The third-order valence-corrected chi connectivity index (χ3v) is 3.09. The Bertz CT molecular complexity index is 567. The molecule has 3 heteroatoms. The summed E-state index contributed by atoms with van der Waals surface area (Å²) in [6.45, 7) is 1.63. The summed E-state index contributed by atoms with van der Waals surface area (Å²) >= 11 is 0. The fourth-order valence-corrected chi connectivity index (χ4v) is 2.14. The molecule has 1 N–H and O–H groups in total. The minimum absolute atomic E-state index is 0.0580. The minimum atomic E-state index is -1.23. The third-order valence-electron chi connectivity index (χ3n) is 3.09. The van der Waals surface area contributed by atoms with E-state index in [0.717, 1.165) is 16.3 Å². The monoisotopic (exact) mass is 244 g/mol. The Hall–Kier alpha value is -1.87. The van der Waals surface area contributed by atoms with Crippen molar-refractivity contribution in [3.05, 3.63) is 48.0 Å². The first-order chi connectivity index (χ1) is 8.54. The number of fused-ring (bicyclic) bond motifs is 1. The van der Waals surface area contributed by atoms with Crippen molar-refractivity contribution in [1.29, 1.82) is 0 Å². The molecule has 0 saturated carbocycles. The molecule has 2 rings (SSSR count). The molecule has 0 heterocycles. The highest BCUT2D eigenvalue weighted by molar-refractivity contribution is 5.87. The van der Waals surface area contributed by atoms with Gasteiger partial charge in [0.15, 0.2) is 0 Å². The summed E-state index contributed by atoms with van der Waals surface area (Å²) in [7, 11) is 1.32. The van der Waals surface area contributed by atoms with Gasteiger partial charge in [-0.05, 0) is 23.3 Å². The Morgan fingerprint density at radius 1 is 1.22 bits per heavy atom. The van der Waals surface area contributed by atoms with Crippen LogP contribution < -0.4 is 0 Å². The van der Waals surface area contributed by atoms with Crippen LogP contribution in [0.2, 0.25) is 0 Å². The Morgan fingerprint density at radius 2 is 1.89 bits per heavy atom. The summed E-state index contributed by atoms with van der Waals surface area (Å²) in [4.78, 5) is 11.4. The molecule has 2 aromatic rings. The quantitative estimate of drug-likeness (QED) is 0.844. The Balaban J connectivity index is 2.50. The molecule has 0 aliphatic rings. The first-order valence-electron chi connectivity index (χ1n) is 5.82. The summed E-state index contributed by atoms with van der Waals surface area (Å²) in [5.74, 6) is -0.423. The van der Waals surface area contributed by atoms with Crippen LogP contribution in [0.15, 0.2) is 42.5 Å². The summed E-state index contributed by atoms with van der Waals surface area (Å²) < 4.78 is 4.62. The van der Waals surface area contributed by atoms with Crippen molar-refractivity contribution in [2.45, 2.75) is 18.9 Å². The van der Waals surface area contributed by atoms with Crippen LogP contribution in [0.25, 0.3) is 10.8 Å². The van der Waals surface area contributed by atoms with Crippen LogP contribution in [0.3, 0.4) is 0 Å². The summed E-state index contributed by atoms with van der Waals surface area (Å²) in [5.41, 5.74) is -0.487. The zero-order valence-corrected chi connectivity index (χ0v) is 10.5. The minimum Gasteiger partial charge on any atom is -0.469 e. The number of rotatable bonds is 3. The molecular weight excluding hydrogens is 228 g/mol. The second-order valence-electron chi connectivity index (χ2n) is 4.55. The van der Waals surface area contributed by atoms with Gasteiger partial charge < -0.3 is 9.84 Å². The number of carbonyl (C=O) groups excluding carboxylic acids is 1. The topological polar surface area (TPSA) is 46.5 Å². The lowest BCUT2D eigenvalue weighted by molar-refractivity contribution is -0.145. The summed E-state index contributed by atoms with van der Waals surface area (Å²) in [6, 6.07) is 13.5. The molecule has 0 aliphatic heterocycles. The molecule has 0 saturated heterocycles. The third kappa shape index (κ3) is 2.36. The van der Waals surface area contributed by atoms with Gasteiger partial charge in [0.25, 0.3) is 0 Å². The number of hydrogen-bond donors (Lipinski definition) is 1. The molecule has 3 nitrogen and oxygen atoms in total. The van der Waals surface area contributed by atoms with Crippen LogP contribution >= 0.6 is 0 Å². The molecule has 0 fully saturated rings. The maximum atomic E-state index is 11.4. The average Bonchev–Trinajstić information content (AvgIpc) is 2.37. The number of benzene rings is 2. The van der Waals surface area contributed by atoms with Gasteiger partial charge in [0.05, 0.1) is 19.1 Å². The number of methoxy groups -OCH3 is 1. The van der Waals surface area contributed by atoms with Gasteiger partial charge in [-0.2, -0.15) is 0 Å². The predicted octanol–water partition coefficient (Wildman–Crippen LogP) is 2.61. The Kier molecular flexibility index (Phi) is 3.34. The molecule has 18 heavy (non-hydrogen) atoms. The second kappa shape index (κ2) is 4.78. The largest absolute Gasteiger partial charge is 0.469 e. The van der Waals surface area contributed by atoms with Gasteiger partial charge in [0.1, 0.15) is 0 Å². The number of hydrogen-bond acceptors (Lipinski definition) is 3. The van der Waals surface area contributed by atoms with Gasteiger partial charge in [0.2, 0.25) is 0 Å². The van der Waals surface area contributed by atoms with Crippen LogP contribution in [0.4, 0.5) is 0 Å². The van der Waals surface area contributed by atoms with Gasteiger partial charge >= 0.3 is 5.97 Å². The lowest BCUT2D eigenvalue weighted by Gasteiger charge is -2.24. The maximum absolute atomic E-state index is 11.4. The Morgan fingerprint density at radius 3 is 2.61 bits per heavy atom. The lowest BCUT2D eigenvalue weighted by Crippen LogP contribution is -2.26. The standard InChI is InChI=1S/C15H16O3/c1-15(17,10-14(16)18-2)13-9-5-7-11-6-3-4-8-12(11)13/h3-9,17H,10H2,1-2H3/t15-/m0/s1. The lowest BCUT2D eigenvalue weighted by atomic mass is 9.88. The zero-order valence-electron chi connectivity index (χ0n) is 10.5. The van der Waals surface area contributed by atoms with Crippen LogP contribution in [0, 0.1) is 0 Å². The average molecular weight is 244 g/mol. The fourth-order valence-electron chi connectivity index (χ4n) is 2.14. The van der Waals surface area contributed by atoms with Crippen molar-refractivity contribution in [3.63, 3.8) is 0 Å². The molecule has 0 spiro atoms. The van der Waals surface area contributed by atoms with Gasteiger partial charge in [-0.1, -0.05) is 42.5 Å². The van der Waals surface area contributed by atoms with E-state index in [1.54, 1.807) is 6.92 Å². The summed E-state index contributed by atoms with van der Waals surface area (Å²) in [6.07, 6.45) is -0.0580. The molecular formula is C15H16O3. The van der Waals surface area contributed by atoms with E-state index in [2.05, 4.69) is 4.74 Å². The van der Waals surface area contributed by atoms with E-state index in [-0.39, 0.29) is 6.42 Å². The second-order valence-corrected chi connectivity index (χ2v) is 4.55. The smallest absolute Gasteiger partial charge is 0.308 e. The van der Waals surface area contributed by atoms with Gasteiger partial charge in [-0.15, -0.1) is 0 Å². The Labute approximate surface area is 106 Å². The molecule has 0 aromatic heterocycles. The molecule has 94 valence electrons. The van der Waals surface area contributed by atoms with Crippen LogP contribution in [-0.4, -0.2) is 18.2 Å². The molecule has 0 bridgehead atoms. The van der Waals surface area contributed by atoms with E-state index in [1.165, 1.54) is 7.11 Å². The van der Waals surface area contributed by atoms with Crippen molar-refractivity contribution in [2.24, 2.45) is 0 Å². The van der Waals surface area contributed by atoms with E-state index in [9.17, 15) is 9.90 Å². The van der Waals surface area contributed by atoms with Crippen molar-refractivity contribution in [1.82, 2.24) is 0 Å². The molecule has 2 aromatic carbocycles. The predicted molar refractivity (Wildman–Crippen MR) is 70.2 cm³/mol. The maximum Gasteiger partial charge on any atom is 0.308 e. The molecule has 0 amide bonds. The number of aliphatic hydroxyl groups is 1. The zero-order chi connectivity index (χ0) is 13.2.